The highest BCUT2D eigenvalue weighted by Gasteiger charge is 2.35. The van der Waals surface area contributed by atoms with Gasteiger partial charge in [0.2, 0.25) is 29.5 Å². The summed E-state index contributed by atoms with van der Waals surface area (Å²) in [5.41, 5.74) is 12.7. The van der Waals surface area contributed by atoms with Gasteiger partial charge in [-0.3, -0.25) is 33.8 Å². The number of nitrogens with one attached hydrogen (secondary N) is 5. The van der Waals surface area contributed by atoms with Crippen LogP contribution in [0.4, 0.5) is 4.39 Å². The maximum Gasteiger partial charge on any atom is 0.251 e. The SMILES string of the molecule is CC1C(=O)NC(CCCN=C(N)N)C(=O)NC(Cc2ccc3ccccc3c2)C(=O)NCC(=O)NC(Cc2ccc(O)cc2)C(=O)N1CCCCCCNC(=O)c1ccc(F)cc1. The van der Waals surface area contributed by atoms with Gasteiger partial charge in [0.05, 0.1) is 6.54 Å². The summed E-state index contributed by atoms with van der Waals surface area (Å²) in [5.74, 6) is -4.10. The van der Waals surface area contributed by atoms with Crippen molar-refractivity contribution in [2.24, 2.45) is 16.5 Å². The summed E-state index contributed by atoms with van der Waals surface area (Å²) >= 11 is 0. The number of guanidine groups is 1. The fourth-order valence-corrected chi connectivity index (χ4v) is 7.25. The first-order valence-electron chi connectivity index (χ1n) is 21.1. The molecule has 0 spiro atoms. The molecule has 334 valence electrons. The highest BCUT2D eigenvalue weighted by Crippen LogP contribution is 2.18. The molecule has 1 saturated heterocycles. The molecule has 0 aromatic heterocycles. The van der Waals surface area contributed by atoms with Crippen LogP contribution in [0.25, 0.3) is 10.8 Å². The van der Waals surface area contributed by atoms with Crippen LogP contribution in [0, 0.1) is 5.82 Å². The predicted molar refractivity (Wildman–Crippen MR) is 237 cm³/mol. The lowest BCUT2D eigenvalue weighted by atomic mass is 10.0. The monoisotopic (exact) mass is 865 g/mol. The number of phenolic OH excluding ortho intramolecular Hbond substituents is 1. The average molecular weight is 866 g/mol. The fourth-order valence-electron chi connectivity index (χ4n) is 7.25. The van der Waals surface area contributed by atoms with E-state index < -0.39 is 66.1 Å². The number of rotatable bonds is 16. The van der Waals surface area contributed by atoms with Gasteiger partial charge in [0, 0.05) is 38.0 Å². The Morgan fingerprint density at radius 3 is 2.16 bits per heavy atom. The Kier molecular flexibility index (Phi) is 17.4. The molecule has 5 rings (SSSR count). The zero-order valence-electron chi connectivity index (χ0n) is 35.3. The number of phenols is 1. The molecular formula is C46H56FN9O7. The van der Waals surface area contributed by atoms with Crippen LogP contribution in [-0.2, 0) is 36.8 Å². The highest BCUT2D eigenvalue weighted by molar-refractivity contribution is 5.97. The normalized spacial score (nSPS) is 18.9. The largest absolute Gasteiger partial charge is 0.508 e. The van der Waals surface area contributed by atoms with Gasteiger partial charge >= 0.3 is 0 Å². The summed E-state index contributed by atoms with van der Waals surface area (Å²) in [6.45, 7) is 1.64. The molecule has 4 atom stereocenters. The molecule has 4 aromatic carbocycles. The van der Waals surface area contributed by atoms with E-state index in [9.17, 15) is 38.3 Å². The van der Waals surface area contributed by atoms with E-state index in [1.807, 2.05) is 42.5 Å². The first-order valence-corrected chi connectivity index (χ1v) is 21.1. The summed E-state index contributed by atoms with van der Waals surface area (Å²) in [7, 11) is 0. The minimum atomic E-state index is -1.19. The van der Waals surface area contributed by atoms with E-state index in [1.165, 1.54) is 48.2 Å². The molecule has 0 aliphatic carbocycles. The number of nitrogens with zero attached hydrogens (tertiary/aromatic N) is 2. The number of unbranched alkanes of at least 4 members (excludes halogenated alkanes) is 3. The predicted octanol–water partition coefficient (Wildman–Crippen LogP) is 2.32. The zero-order valence-corrected chi connectivity index (χ0v) is 35.3. The Labute approximate surface area is 365 Å². The molecule has 16 nitrogen and oxygen atoms in total. The van der Waals surface area contributed by atoms with Crippen molar-refractivity contribution in [2.45, 2.75) is 82.5 Å². The van der Waals surface area contributed by atoms with Gasteiger partial charge in [0.25, 0.3) is 5.91 Å². The number of aliphatic imine (C=N–C) groups is 1. The second kappa shape index (κ2) is 23.3. The quantitative estimate of drug-likeness (QED) is 0.0467. The summed E-state index contributed by atoms with van der Waals surface area (Å²) in [5, 5.41) is 25.6. The Morgan fingerprint density at radius 2 is 1.43 bits per heavy atom. The lowest BCUT2D eigenvalue weighted by Crippen LogP contribution is -2.58. The average Bonchev–Trinajstić information content (AvgIpc) is 3.27. The van der Waals surface area contributed by atoms with E-state index in [1.54, 1.807) is 12.1 Å². The second-order valence-electron chi connectivity index (χ2n) is 15.5. The van der Waals surface area contributed by atoms with E-state index in [0.717, 1.165) is 16.3 Å². The van der Waals surface area contributed by atoms with Crippen LogP contribution in [0.2, 0.25) is 0 Å². The van der Waals surface area contributed by atoms with Crippen LogP contribution in [0.15, 0.2) is 96.0 Å². The number of fused-ring (bicyclic) bond motifs is 1. The van der Waals surface area contributed by atoms with Gasteiger partial charge < -0.3 is 48.1 Å². The number of aromatic hydroxyl groups is 1. The third-order valence-electron chi connectivity index (χ3n) is 10.7. The topological polar surface area (TPSA) is 250 Å². The Balaban J connectivity index is 1.37. The number of benzene rings is 4. The smallest absolute Gasteiger partial charge is 0.251 e. The molecule has 1 aliphatic heterocycles. The Morgan fingerprint density at radius 1 is 0.762 bits per heavy atom. The number of amides is 6. The molecule has 4 unspecified atom stereocenters. The van der Waals surface area contributed by atoms with Crippen LogP contribution >= 0.6 is 0 Å². The number of carbonyl (C=O) groups excluding carboxylic acids is 6. The number of nitrogens with two attached hydrogens (primary N) is 2. The number of hydrogen-bond donors (Lipinski definition) is 8. The van der Waals surface area contributed by atoms with Gasteiger partial charge in [-0.05, 0) is 90.9 Å². The van der Waals surface area contributed by atoms with Gasteiger partial charge in [-0.2, -0.15) is 0 Å². The highest BCUT2D eigenvalue weighted by atomic mass is 19.1. The molecule has 1 fully saturated rings. The number of carbonyl (C=O) groups is 6. The molecule has 0 radical (unpaired) electrons. The maximum absolute atomic E-state index is 14.6. The maximum atomic E-state index is 14.6. The molecule has 6 amide bonds. The van der Waals surface area contributed by atoms with Crippen LogP contribution in [-0.4, -0.2) is 102 Å². The first-order chi connectivity index (χ1) is 30.3. The fraction of sp³-hybridized carbons (Fsp3) is 0.370. The van der Waals surface area contributed by atoms with E-state index in [-0.39, 0.29) is 56.4 Å². The lowest BCUT2D eigenvalue weighted by Gasteiger charge is -2.33. The van der Waals surface area contributed by atoms with Crippen molar-refractivity contribution in [1.82, 2.24) is 31.5 Å². The molecule has 0 bridgehead atoms. The van der Waals surface area contributed by atoms with Gasteiger partial charge in [-0.25, -0.2) is 4.39 Å². The standard InChI is InChI=1S/C46H56FN9O7/c1-29-41(59)54-37(11-8-23-51-46(48)49)44(62)55-38(27-31-12-15-32-9-4-5-10-34(32)25-31)43(61)52-28-40(58)53-39(26-30-13-20-36(57)21-14-30)45(63)56(29)24-7-3-2-6-22-50-42(60)33-16-18-35(47)19-17-33/h4-5,9-10,12-21,25,29,37-39,57H,2-3,6-8,11,22-24,26-28H2,1H3,(H,50,60)(H,52,61)(H,53,58)(H,54,59)(H,55,62)(H4,48,49,51). The van der Waals surface area contributed by atoms with Crippen molar-refractivity contribution in [3.63, 3.8) is 0 Å². The minimum absolute atomic E-state index is 0.00452. The van der Waals surface area contributed by atoms with E-state index >= 15 is 0 Å². The zero-order chi connectivity index (χ0) is 45.3. The van der Waals surface area contributed by atoms with Crippen molar-refractivity contribution < 1.29 is 38.3 Å². The molecule has 63 heavy (non-hydrogen) atoms. The molecule has 0 saturated carbocycles. The van der Waals surface area contributed by atoms with Crippen LogP contribution in [0.5, 0.6) is 5.75 Å². The Hall–Kier alpha value is -7.04. The van der Waals surface area contributed by atoms with Gasteiger partial charge in [0.1, 0.15) is 35.7 Å². The first kappa shape index (κ1) is 47.0. The molecule has 10 N–H and O–H groups in total. The molecule has 4 aromatic rings. The van der Waals surface area contributed by atoms with Crippen LogP contribution in [0.1, 0.15) is 66.9 Å². The molecule has 17 heteroatoms. The van der Waals surface area contributed by atoms with Crippen LogP contribution in [0.3, 0.4) is 0 Å². The van der Waals surface area contributed by atoms with Crippen molar-refractivity contribution in [1.29, 1.82) is 0 Å². The van der Waals surface area contributed by atoms with Crippen molar-refractivity contribution in [2.75, 3.05) is 26.2 Å². The minimum Gasteiger partial charge on any atom is -0.508 e. The van der Waals surface area contributed by atoms with E-state index in [4.69, 9.17) is 11.5 Å². The third-order valence-corrected chi connectivity index (χ3v) is 10.7. The second-order valence-corrected chi connectivity index (χ2v) is 15.5. The molecular weight excluding hydrogens is 810 g/mol. The summed E-state index contributed by atoms with van der Waals surface area (Å²) in [6, 6.07) is 20.1. The number of hydrogen-bond acceptors (Lipinski definition) is 8. The summed E-state index contributed by atoms with van der Waals surface area (Å²) in [4.78, 5) is 88.1. The molecule has 1 heterocycles. The van der Waals surface area contributed by atoms with Gasteiger partial charge in [0.15, 0.2) is 5.96 Å². The van der Waals surface area contributed by atoms with E-state index in [0.29, 0.717) is 43.4 Å². The van der Waals surface area contributed by atoms with Gasteiger partial charge in [-0.15, -0.1) is 0 Å². The third kappa shape index (κ3) is 14.5. The van der Waals surface area contributed by atoms with Crippen LogP contribution < -0.4 is 38.1 Å². The molecule has 1 aliphatic rings. The van der Waals surface area contributed by atoms with Gasteiger partial charge in [-0.1, -0.05) is 67.4 Å². The van der Waals surface area contributed by atoms with Crippen molar-refractivity contribution in [3.8, 4) is 5.75 Å². The summed E-state index contributed by atoms with van der Waals surface area (Å²) in [6.07, 6.45) is 2.76. The summed E-state index contributed by atoms with van der Waals surface area (Å²) < 4.78 is 13.3. The Bertz CT molecular complexity index is 2250. The van der Waals surface area contributed by atoms with Crippen molar-refractivity contribution >= 4 is 52.2 Å². The van der Waals surface area contributed by atoms with E-state index in [2.05, 4.69) is 31.6 Å². The van der Waals surface area contributed by atoms with Crippen molar-refractivity contribution in [3.05, 3.63) is 114 Å². The number of halogens is 1. The lowest BCUT2D eigenvalue weighted by molar-refractivity contribution is -0.143.